The summed E-state index contributed by atoms with van der Waals surface area (Å²) in [5, 5.41) is 26.6. The number of sulfonamides is 1. The number of aliphatic hydroxyl groups is 1. The van der Waals surface area contributed by atoms with E-state index in [-0.39, 0.29) is 23.5 Å². The maximum atomic E-state index is 14.2. The molecule has 3 N–H and O–H groups in total. The second kappa shape index (κ2) is 9.76. The first-order valence-electron chi connectivity index (χ1n) is 11.6. The van der Waals surface area contributed by atoms with Gasteiger partial charge >= 0.3 is 0 Å². The number of fused-ring (bicyclic) bond motifs is 1. The molecule has 10 nitrogen and oxygen atoms in total. The molecule has 12 heteroatoms. The Bertz CT molecular complexity index is 1610. The van der Waals surface area contributed by atoms with Gasteiger partial charge in [0.1, 0.15) is 22.2 Å². The minimum atomic E-state index is -4.27. The molecule has 2 heterocycles. The standard InChI is InChI=1S/C25H23FN6O4S/c1-14-22-24(31-30-14)28-23(29-25(22)36-19-9-7-18(33)8-10-19)16-3-5-17(6-4-16)32-37(34,35)21-12-15(13-27)2-11-20(21)26/h2-6,11-12,18-19,32-33H,7-10H2,1H3,(H,28,29,30,31). The van der Waals surface area contributed by atoms with Crippen LogP contribution in [-0.2, 0) is 10.0 Å². The number of nitriles is 1. The zero-order valence-electron chi connectivity index (χ0n) is 19.8. The number of halogens is 1. The third-order valence-corrected chi connectivity index (χ3v) is 7.62. The molecule has 0 aliphatic heterocycles. The zero-order chi connectivity index (χ0) is 26.2. The fourth-order valence-electron chi connectivity index (χ4n) is 4.24. The Morgan fingerprint density at radius 1 is 1.14 bits per heavy atom. The van der Waals surface area contributed by atoms with Gasteiger partial charge in [0.15, 0.2) is 11.5 Å². The number of benzene rings is 2. The van der Waals surface area contributed by atoms with Crippen LogP contribution in [0, 0.1) is 24.1 Å². The summed E-state index contributed by atoms with van der Waals surface area (Å²) in [6, 6.07) is 11.2. The van der Waals surface area contributed by atoms with Gasteiger partial charge in [0.05, 0.1) is 17.7 Å². The second-order valence-electron chi connectivity index (χ2n) is 8.89. The van der Waals surface area contributed by atoms with Crippen molar-refractivity contribution in [1.29, 1.82) is 5.26 Å². The average Bonchev–Trinajstić information content (AvgIpc) is 3.26. The highest BCUT2D eigenvalue weighted by molar-refractivity contribution is 7.92. The zero-order valence-corrected chi connectivity index (χ0v) is 20.6. The number of rotatable bonds is 6. The first-order valence-corrected chi connectivity index (χ1v) is 13.1. The third-order valence-electron chi connectivity index (χ3n) is 6.23. The van der Waals surface area contributed by atoms with Crippen molar-refractivity contribution in [2.45, 2.75) is 49.7 Å². The minimum Gasteiger partial charge on any atom is -0.474 e. The Kier molecular flexibility index (Phi) is 6.49. The summed E-state index contributed by atoms with van der Waals surface area (Å²) in [7, 11) is -4.27. The number of aliphatic hydroxyl groups excluding tert-OH is 1. The highest BCUT2D eigenvalue weighted by Gasteiger charge is 2.24. The van der Waals surface area contributed by atoms with Crippen LogP contribution in [0.2, 0.25) is 0 Å². The minimum absolute atomic E-state index is 0.0284. The topological polar surface area (TPSA) is 154 Å². The van der Waals surface area contributed by atoms with E-state index in [1.807, 2.05) is 6.92 Å². The molecular weight excluding hydrogens is 499 g/mol. The van der Waals surface area contributed by atoms with Crippen LogP contribution in [0.1, 0.15) is 36.9 Å². The van der Waals surface area contributed by atoms with Gasteiger partial charge in [-0.25, -0.2) is 17.8 Å². The molecule has 0 spiro atoms. The number of H-pyrrole nitrogens is 1. The predicted molar refractivity (Wildman–Crippen MR) is 133 cm³/mol. The molecule has 0 radical (unpaired) electrons. The fourth-order valence-corrected chi connectivity index (χ4v) is 5.41. The van der Waals surface area contributed by atoms with Gasteiger partial charge in [-0.2, -0.15) is 15.3 Å². The Morgan fingerprint density at radius 3 is 2.57 bits per heavy atom. The lowest BCUT2D eigenvalue weighted by Crippen LogP contribution is -2.27. The molecular formula is C25H23FN6O4S. The van der Waals surface area contributed by atoms with Gasteiger partial charge in [0.2, 0.25) is 5.88 Å². The SMILES string of the molecule is Cc1[nH]nc2nc(-c3ccc(NS(=O)(=O)c4cc(C#N)ccc4F)cc3)nc(OC3CCC(O)CC3)c12. The number of anilines is 1. The monoisotopic (exact) mass is 522 g/mol. The van der Waals surface area contributed by atoms with Crippen molar-refractivity contribution in [3.05, 3.63) is 59.5 Å². The van der Waals surface area contributed by atoms with Crippen molar-refractivity contribution in [2.75, 3.05) is 4.72 Å². The van der Waals surface area contributed by atoms with E-state index in [0.717, 1.165) is 17.8 Å². The molecule has 0 amide bonds. The average molecular weight is 523 g/mol. The van der Waals surface area contributed by atoms with E-state index >= 15 is 0 Å². The van der Waals surface area contributed by atoms with Crippen molar-refractivity contribution < 1.29 is 22.7 Å². The molecule has 0 saturated heterocycles. The van der Waals surface area contributed by atoms with Crippen molar-refractivity contribution >= 4 is 26.7 Å². The molecule has 1 saturated carbocycles. The van der Waals surface area contributed by atoms with Gasteiger partial charge in [-0.05, 0) is 75.1 Å². The number of aryl methyl sites for hydroxylation is 1. The molecule has 2 aromatic carbocycles. The second-order valence-corrected chi connectivity index (χ2v) is 10.5. The molecule has 5 rings (SSSR count). The first kappa shape index (κ1) is 24.6. The van der Waals surface area contributed by atoms with Crippen molar-refractivity contribution in [3.8, 4) is 23.3 Å². The Hall–Kier alpha value is -4.08. The van der Waals surface area contributed by atoms with Crippen LogP contribution < -0.4 is 9.46 Å². The number of aromatic amines is 1. The molecule has 0 bridgehead atoms. The molecule has 1 fully saturated rings. The summed E-state index contributed by atoms with van der Waals surface area (Å²) in [4.78, 5) is 8.53. The van der Waals surface area contributed by atoms with E-state index in [4.69, 9.17) is 10.00 Å². The molecule has 37 heavy (non-hydrogen) atoms. The summed E-state index contributed by atoms with van der Waals surface area (Å²) < 4.78 is 48.1. The third kappa shape index (κ3) is 5.09. The number of nitrogens with one attached hydrogen (secondary N) is 2. The fraction of sp³-hybridized carbons (Fsp3) is 0.280. The normalized spacial score (nSPS) is 17.9. The summed E-state index contributed by atoms with van der Waals surface area (Å²) in [6.45, 7) is 1.85. The lowest BCUT2D eigenvalue weighted by Gasteiger charge is -2.26. The van der Waals surface area contributed by atoms with Crippen molar-refractivity contribution in [1.82, 2.24) is 20.2 Å². The Labute approximate surface area is 212 Å². The van der Waals surface area contributed by atoms with Gasteiger partial charge in [-0.3, -0.25) is 9.82 Å². The molecule has 1 aliphatic carbocycles. The van der Waals surface area contributed by atoms with Crippen molar-refractivity contribution in [2.24, 2.45) is 0 Å². The molecule has 2 aromatic heterocycles. The van der Waals surface area contributed by atoms with E-state index in [1.165, 1.54) is 18.2 Å². The maximum Gasteiger partial charge on any atom is 0.264 e. The van der Waals surface area contributed by atoms with E-state index in [1.54, 1.807) is 18.2 Å². The Morgan fingerprint density at radius 2 is 1.86 bits per heavy atom. The largest absolute Gasteiger partial charge is 0.474 e. The Balaban J connectivity index is 1.42. The summed E-state index contributed by atoms with van der Waals surface area (Å²) in [5.41, 5.74) is 2.02. The number of nitrogens with zero attached hydrogens (tertiary/aromatic N) is 4. The quantitative estimate of drug-likeness (QED) is 0.345. The van der Waals surface area contributed by atoms with E-state index < -0.39 is 20.7 Å². The highest BCUT2D eigenvalue weighted by Crippen LogP contribution is 2.31. The number of ether oxygens (including phenoxy) is 1. The maximum absolute atomic E-state index is 14.2. The van der Waals surface area contributed by atoms with E-state index in [0.29, 0.717) is 54.0 Å². The van der Waals surface area contributed by atoms with E-state index in [2.05, 4.69) is 24.9 Å². The number of aromatic nitrogens is 4. The van der Waals surface area contributed by atoms with Gasteiger partial charge < -0.3 is 9.84 Å². The summed E-state index contributed by atoms with van der Waals surface area (Å²) >= 11 is 0. The first-order chi connectivity index (χ1) is 17.7. The molecule has 0 atom stereocenters. The van der Waals surface area contributed by atoms with Gasteiger partial charge in [0, 0.05) is 16.9 Å². The van der Waals surface area contributed by atoms with Crippen LogP contribution in [0.3, 0.4) is 0 Å². The number of hydrogen-bond acceptors (Lipinski definition) is 8. The highest BCUT2D eigenvalue weighted by atomic mass is 32.2. The van der Waals surface area contributed by atoms with Crippen LogP contribution in [0.15, 0.2) is 47.4 Å². The summed E-state index contributed by atoms with van der Waals surface area (Å²) in [6.07, 6.45) is 2.37. The van der Waals surface area contributed by atoms with Crippen LogP contribution in [0.25, 0.3) is 22.4 Å². The van der Waals surface area contributed by atoms with Crippen LogP contribution in [0.5, 0.6) is 5.88 Å². The van der Waals surface area contributed by atoms with Gasteiger partial charge in [-0.15, -0.1) is 0 Å². The molecule has 1 aliphatic rings. The van der Waals surface area contributed by atoms with Crippen LogP contribution in [0.4, 0.5) is 10.1 Å². The van der Waals surface area contributed by atoms with Gasteiger partial charge in [0.25, 0.3) is 10.0 Å². The lowest BCUT2D eigenvalue weighted by molar-refractivity contribution is 0.0652. The van der Waals surface area contributed by atoms with Crippen LogP contribution >= 0.6 is 0 Å². The lowest BCUT2D eigenvalue weighted by atomic mass is 9.95. The smallest absolute Gasteiger partial charge is 0.264 e. The molecule has 4 aromatic rings. The van der Waals surface area contributed by atoms with Crippen molar-refractivity contribution in [3.63, 3.8) is 0 Å². The predicted octanol–water partition coefficient (Wildman–Crippen LogP) is 3.82. The van der Waals surface area contributed by atoms with Gasteiger partial charge in [-0.1, -0.05) is 0 Å². The molecule has 0 unspecified atom stereocenters. The van der Waals surface area contributed by atoms with Crippen LogP contribution in [-0.4, -0.2) is 45.9 Å². The number of hydrogen-bond donors (Lipinski definition) is 3. The molecule has 190 valence electrons. The summed E-state index contributed by atoms with van der Waals surface area (Å²) in [5.74, 6) is -0.226. The van der Waals surface area contributed by atoms with E-state index in [9.17, 15) is 17.9 Å².